The summed E-state index contributed by atoms with van der Waals surface area (Å²) in [5.41, 5.74) is 0.581. The van der Waals surface area contributed by atoms with Crippen molar-refractivity contribution in [3.05, 3.63) is 34.1 Å². The number of hydrogen-bond donors (Lipinski definition) is 0. The minimum Gasteiger partial charge on any atom is -0.294 e. The van der Waals surface area contributed by atoms with Crippen LogP contribution in [0, 0.1) is 11.7 Å². The van der Waals surface area contributed by atoms with Crippen molar-refractivity contribution in [1.29, 1.82) is 0 Å². The van der Waals surface area contributed by atoms with E-state index in [1.165, 1.54) is 6.07 Å². The molecule has 0 radical (unpaired) electrons. The third-order valence-corrected chi connectivity index (χ3v) is 3.17. The van der Waals surface area contributed by atoms with Crippen molar-refractivity contribution in [2.24, 2.45) is 5.92 Å². The van der Waals surface area contributed by atoms with Gasteiger partial charge in [-0.15, -0.1) is 0 Å². The zero-order chi connectivity index (χ0) is 11.4. The third-order valence-electron chi connectivity index (χ3n) is 2.56. The Labute approximate surface area is 97.8 Å². The van der Waals surface area contributed by atoms with Gasteiger partial charge in [-0.2, -0.15) is 0 Å². The highest BCUT2D eigenvalue weighted by Crippen LogP contribution is 2.21. The first kappa shape index (κ1) is 12.4. The van der Waals surface area contributed by atoms with Crippen LogP contribution in [0.1, 0.15) is 37.0 Å². The quantitative estimate of drug-likeness (QED) is 0.751. The minimum atomic E-state index is -0.337. The monoisotopic (exact) mass is 272 g/mol. The number of carbonyl (C=O) groups excluding carboxylic acids is 1. The number of halogens is 2. The van der Waals surface area contributed by atoms with Crippen LogP contribution >= 0.6 is 15.9 Å². The van der Waals surface area contributed by atoms with E-state index in [1.54, 1.807) is 12.1 Å². The van der Waals surface area contributed by atoms with Crippen molar-refractivity contribution < 1.29 is 9.18 Å². The number of ketones is 1. The van der Waals surface area contributed by atoms with Crippen LogP contribution in [0.15, 0.2) is 22.7 Å². The molecule has 0 fully saturated rings. The molecule has 0 amide bonds. The lowest BCUT2D eigenvalue weighted by Crippen LogP contribution is -2.13. The fraction of sp³-hybridized carbons (Fsp3) is 0.417. The average molecular weight is 273 g/mol. The van der Waals surface area contributed by atoms with E-state index >= 15 is 0 Å². The standard InChI is InChI=1S/C12H14BrFO/c1-3-8(4-2)12(15)9-5-6-11(14)10(13)7-9/h5-8H,3-4H2,1-2H3. The van der Waals surface area contributed by atoms with Crippen LogP contribution in [0.3, 0.4) is 0 Å². The summed E-state index contributed by atoms with van der Waals surface area (Å²) in [5.74, 6) is -0.195. The van der Waals surface area contributed by atoms with Gasteiger partial charge in [-0.25, -0.2) is 4.39 Å². The Morgan fingerprint density at radius 2 is 2.00 bits per heavy atom. The summed E-state index contributed by atoms with van der Waals surface area (Å²) in [5, 5.41) is 0. The Morgan fingerprint density at radius 3 is 2.47 bits per heavy atom. The van der Waals surface area contributed by atoms with Crippen LogP contribution in [0.4, 0.5) is 4.39 Å². The van der Waals surface area contributed by atoms with Crippen molar-refractivity contribution in [1.82, 2.24) is 0 Å². The summed E-state index contributed by atoms with van der Waals surface area (Å²) in [6, 6.07) is 4.41. The van der Waals surface area contributed by atoms with Gasteiger partial charge in [0.2, 0.25) is 0 Å². The molecule has 0 saturated heterocycles. The molecule has 1 nitrogen and oxygen atoms in total. The molecule has 0 aliphatic carbocycles. The third kappa shape index (κ3) is 2.88. The van der Waals surface area contributed by atoms with Crippen molar-refractivity contribution in [3.8, 4) is 0 Å². The maximum Gasteiger partial charge on any atom is 0.165 e. The second-order valence-corrected chi connectivity index (χ2v) is 4.36. The SMILES string of the molecule is CCC(CC)C(=O)c1ccc(F)c(Br)c1. The molecule has 0 atom stereocenters. The molecule has 0 aromatic heterocycles. The van der Waals surface area contributed by atoms with Crippen molar-refractivity contribution >= 4 is 21.7 Å². The van der Waals surface area contributed by atoms with E-state index in [9.17, 15) is 9.18 Å². The van der Waals surface area contributed by atoms with Crippen LogP contribution in [-0.4, -0.2) is 5.78 Å². The largest absolute Gasteiger partial charge is 0.294 e. The van der Waals surface area contributed by atoms with Gasteiger partial charge < -0.3 is 0 Å². The van der Waals surface area contributed by atoms with Crippen molar-refractivity contribution in [2.45, 2.75) is 26.7 Å². The van der Waals surface area contributed by atoms with Crippen LogP contribution in [-0.2, 0) is 0 Å². The van der Waals surface area contributed by atoms with Crippen LogP contribution in [0.5, 0.6) is 0 Å². The average Bonchev–Trinajstić information content (AvgIpc) is 2.23. The zero-order valence-corrected chi connectivity index (χ0v) is 10.5. The molecule has 0 aliphatic heterocycles. The van der Waals surface area contributed by atoms with E-state index in [-0.39, 0.29) is 17.5 Å². The summed E-state index contributed by atoms with van der Waals surface area (Å²) >= 11 is 3.08. The van der Waals surface area contributed by atoms with E-state index < -0.39 is 0 Å². The zero-order valence-electron chi connectivity index (χ0n) is 8.89. The Morgan fingerprint density at radius 1 is 1.40 bits per heavy atom. The lowest BCUT2D eigenvalue weighted by atomic mass is 9.93. The van der Waals surface area contributed by atoms with Gasteiger partial charge >= 0.3 is 0 Å². The number of hydrogen-bond acceptors (Lipinski definition) is 1. The number of benzene rings is 1. The number of Topliss-reactive ketones (excluding diaryl/α,β-unsaturated/α-hetero) is 1. The van der Waals surface area contributed by atoms with Crippen molar-refractivity contribution in [3.63, 3.8) is 0 Å². The van der Waals surface area contributed by atoms with Gasteiger partial charge in [-0.05, 0) is 47.0 Å². The van der Waals surface area contributed by atoms with Crippen molar-refractivity contribution in [2.75, 3.05) is 0 Å². The summed E-state index contributed by atoms with van der Waals surface area (Å²) in [4.78, 5) is 11.9. The summed E-state index contributed by atoms with van der Waals surface area (Å²) in [6.45, 7) is 3.98. The van der Waals surface area contributed by atoms with Gasteiger partial charge in [-0.3, -0.25) is 4.79 Å². The molecule has 1 rings (SSSR count). The summed E-state index contributed by atoms with van der Waals surface area (Å²) in [7, 11) is 0. The number of rotatable bonds is 4. The molecule has 0 unspecified atom stereocenters. The molecule has 0 N–H and O–H groups in total. The molecular formula is C12H14BrFO. The fourth-order valence-corrected chi connectivity index (χ4v) is 1.92. The highest BCUT2D eigenvalue weighted by Gasteiger charge is 2.16. The summed E-state index contributed by atoms with van der Waals surface area (Å²) in [6.07, 6.45) is 1.65. The van der Waals surface area contributed by atoms with Gasteiger partial charge in [0.25, 0.3) is 0 Å². The molecule has 0 aliphatic rings. The molecule has 15 heavy (non-hydrogen) atoms. The minimum absolute atomic E-state index is 0.0439. The maximum absolute atomic E-state index is 13.0. The van der Waals surface area contributed by atoms with E-state index in [0.717, 1.165) is 12.8 Å². The predicted molar refractivity (Wildman–Crippen MR) is 62.5 cm³/mol. The maximum atomic E-state index is 13.0. The molecule has 0 saturated carbocycles. The number of carbonyl (C=O) groups is 1. The molecular weight excluding hydrogens is 259 g/mol. The van der Waals surface area contributed by atoms with E-state index in [0.29, 0.717) is 10.0 Å². The Bertz CT molecular complexity index is 359. The Balaban J connectivity index is 2.96. The molecule has 0 spiro atoms. The normalized spacial score (nSPS) is 10.7. The highest BCUT2D eigenvalue weighted by molar-refractivity contribution is 9.10. The lowest BCUT2D eigenvalue weighted by molar-refractivity contribution is 0.0913. The van der Waals surface area contributed by atoms with Crippen LogP contribution < -0.4 is 0 Å². The first-order valence-corrected chi connectivity index (χ1v) is 5.88. The van der Waals surface area contributed by atoms with Gasteiger partial charge in [0.15, 0.2) is 5.78 Å². The van der Waals surface area contributed by atoms with Crippen LogP contribution in [0.25, 0.3) is 0 Å². The molecule has 0 heterocycles. The van der Waals surface area contributed by atoms with Gasteiger partial charge in [0.05, 0.1) is 4.47 Å². The van der Waals surface area contributed by atoms with Gasteiger partial charge in [0.1, 0.15) is 5.82 Å². The molecule has 3 heteroatoms. The van der Waals surface area contributed by atoms with Gasteiger partial charge in [0, 0.05) is 11.5 Å². The highest BCUT2D eigenvalue weighted by atomic mass is 79.9. The lowest BCUT2D eigenvalue weighted by Gasteiger charge is -2.11. The summed E-state index contributed by atoms with van der Waals surface area (Å²) < 4.78 is 13.3. The molecule has 0 bridgehead atoms. The first-order chi connectivity index (χ1) is 7.10. The first-order valence-electron chi connectivity index (χ1n) is 5.09. The molecule has 1 aromatic rings. The van der Waals surface area contributed by atoms with Gasteiger partial charge in [-0.1, -0.05) is 13.8 Å². The second-order valence-electron chi connectivity index (χ2n) is 3.51. The Kier molecular flexibility index (Phi) is 4.45. The van der Waals surface area contributed by atoms with E-state index in [2.05, 4.69) is 15.9 Å². The second kappa shape index (κ2) is 5.40. The molecule has 82 valence electrons. The van der Waals surface area contributed by atoms with E-state index in [4.69, 9.17) is 0 Å². The topological polar surface area (TPSA) is 17.1 Å². The van der Waals surface area contributed by atoms with Crippen LogP contribution in [0.2, 0.25) is 0 Å². The Hall–Kier alpha value is -0.700. The predicted octanol–water partition coefficient (Wildman–Crippen LogP) is 4.21. The smallest absolute Gasteiger partial charge is 0.165 e. The fourth-order valence-electron chi connectivity index (χ4n) is 1.54. The van der Waals surface area contributed by atoms with E-state index in [1.807, 2.05) is 13.8 Å². The molecule has 1 aromatic carbocycles.